The van der Waals surface area contributed by atoms with Crippen LogP contribution in [0.25, 0.3) is 6.08 Å². The molecule has 7 nitrogen and oxygen atoms in total. The number of benzene rings is 3. The summed E-state index contributed by atoms with van der Waals surface area (Å²) in [5, 5.41) is 10.7. The molecule has 0 radical (unpaired) electrons. The van der Waals surface area contributed by atoms with Crippen LogP contribution in [0, 0.1) is 15.9 Å². The van der Waals surface area contributed by atoms with Crippen molar-refractivity contribution in [2.24, 2.45) is 0 Å². The fourth-order valence-electron chi connectivity index (χ4n) is 3.25. The molecule has 34 heavy (non-hydrogen) atoms. The molecule has 0 bridgehead atoms. The molecule has 2 amide bonds. The van der Waals surface area contributed by atoms with Gasteiger partial charge in [0.2, 0.25) is 0 Å². The van der Waals surface area contributed by atoms with Gasteiger partial charge in [0.1, 0.15) is 18.2 Å². The number of halogens is 2. The van der Waals surface area contributed by atoms with E-state index in [0.717, 1.165) is 22.2 Å². The van der Waals surface area contributed by atoms with Crippen molar-refractivity contribution in [2.75, 3.05) is 0 Å². The molecule has 0 aromatic heterocycles. The summed E-state index contributed by atoms with van der Waals surface area (Å²) in [5.41, 5.74) is 1.61. The molecular weight excluding hydrogens is 527 g/mol. The normalized spacial score (nSPS) is 14.6. The quantitative estimate of drug-likeness (QED) is 0.197. The summed E-state index contributed by atoms with van der Waals surface area (Å²) < 4.78 is 19.4. The van der Waals surface area contributed by atoms with Gasteiger partial charge in [-0.25, -0.2) is 4.39 Å². The highest BCUT2D eigenvalue weighted by Crippen LogP contribution is 2.35. The van der Waals surface area contributed by atoms with Crippen molar-refractivity contribution in [1.29, 1.82) is 0 Å². The van der Waals surface area contributed by atoms with Crippen LogP contribution in [0.4, 0.5) is 14.9 Å². The van der Waals surface area contributed by atoms with Crippen LogP contribution in [-0.4, -0.2) is 21.0 Å². The second kappa shape index (κ2) is 10.2. The summed E-state index contributed by atoms with van der Waals surface area (Å²) in [6, 6.07) is 17.2. The van der Waals surface area contributed by atoms with Gasteiger partial charge in [-0.1, -0.05) is 36.4 Å². The van der Waals surface area contributed by atoms with Crippen LogP contribution in [0.5, 0.6) is 5.75 Å². The van der Waals surface area contributed by atoms with Crippen molar-refractivity contribution in [3.8, 4) is 5.75 Å². The predicted octanol–water partition coefficient (Wildman–Crippen LogP) is 6.31. The van der Waals surface area contributed by atoms with Gasteiger partial charge in [-0.05, 0) is 69.2 Å². The highest BCUT2D eigenvalue weighted by molar-refractivity contribution is 9.10. The van der Waals surface area contributed by atoms with Crippen LogP contribution < -0.4 is 4.74 Å². The standard InChI is InChI=1S/C24H16BrFN2O5S/c25-19-11-16(7-10-21(19)33-14-15-5-8-18(26)9-6-15)12-22-23(29)27(24(30)34-22)13-17-3-1-2-4-20(17)28(31)32/h1-12H,13-14H2/b22-12+. The molecule has 0 N–H and O–H groups in total. The third kappa shape index (κ3) is 5.35. The molecule has 1 fully saturated rings. The molecule has 1 aliphatic rings. The Bertz CT molecular complexity index is 1310. The molecule has 3 aromatic rings. The number of hydrogen-bond acceptors (Lipinski definition) is 6. The van der Waals surface area contributed by atoms with E-state index in [9.17, 15) is 24.1 Å². The summed E-state index contributed by atoms with van der Waals surface area (Å²) >= 11 is 4.22. The Morgan fingerprint density at radius 3 is 2.53 bits per heavy atom. The molecule has 172 valence electrons. The summed E-state index contributed by atoms with van der Waals surface area (Å²) in [6.45, 7) is 0.0712. The molecule has 4 rings (SSSR count). The number of para-hydroxylation sites is 1. The molecule has 0 atom stereocenters. The molecule has 1 aliphatic heterocycles. The first-order valence-corrected chi connectivity index (χ1v) is 11.6. The maximum Gasteiger partial charge on any atom is 0.293 e. The SMILES string of the molecule is O=C1S/C(=C/c2ccc(OCc3ccc(F)cc3)c(Br)c2)C(=O)N1Cc1ccccc1[N+](=O)[O-]. The van der Waals surface area contributed by atoms with Gasteiger partial charge in [0.05, 0.1) is 20.8 Å². The summed E-state index contributed by atoms with van der Waals surface area (Å²) in [5.74, 6) is -0.271. The molecule has 0 aliphatic carbocycles. The number of carbonyl (C=O) groups is 2. The lowest BCUT2D eigenvalue weighted by atomic mass is 10.1. The van der Waals surface area contributed by atoms with Gasteiger partial charge < -0.3 is 4.74 Å². The second-order valence-electron chi connectivity index (χ2n) is 7.26. The zero-order chi connectivity index (χ0) is 24.2. The van der Waals surface area contributed by atoms with Gasteiger partial charge >= 0.3 is 0 Å². The average molecular weight is 543 g/mol. The number of ether oxygens (including phenoxy) is 1. The van der Waals surface area contributed by atoms with Gasteiger partial charge in [0.15, 0.2) is 0 Å². The van der Waals surface area contributed by atoms with Crippen LogP contribution in [0.1, 0.15) is 16.7 Å². The van der Waals surface area contributed by atoms with E-state index in [2.05, 4.69) is 15.9 Å². The number of nitrogens with zero attached hydrogens (tertiary/aromatic N) is 2. The number of rotatable bonds is 7. The van der Waals surface area contributed by atoms with Crippen molar-refractivity contribution >= 4 is 50.6 Å². The Morgan fingerprint density at radius 1 is 1.09 bits per heavy atom. The zero-order valence-electron chi connectivity index (χ0n) is 17.4. The number of imide groups is 1. The third-order valence-electron chi connectivity index (χ3n) is 4.95. The maximum absolute atomic E-state index is 13.0. The van der Waals surface area contributed by atoms with E-state index in [4.69, 9.17) is 4.74 Å². The van der Waals surface area contributed by atoms with Gasteiger partial charge in [0.25, 0.3) is 16.8 Å². The highest BCUT2D eigenvalue weighted by Gasteiger charge is 2.36. The van der Waals surface area contributed by atoms with E-state index < -0.39 is 16.1 Å². The van der Waals surface area contributed by atoms with E-state index in [1.165, 1.54) is 30.3 Å². The molecular formula is C24H16BrFN2O5S. The Labute approximate surface area is 206 Å². The maximum atomic E-state index is 13.0. The molecule has 10 heteroatoms. The van der Waals surface area contributed by atoms with Gasteiger partial charge in [-0.15, -0.1) is 0 Å². The largest absolute Gasteiger partial charge is 0.488 e. The number of hydrogen-bond donors (Lipinski definition) is 0. The van der Waals surface area contributed by atoms with E-state index in [-0.39, 0.29) is 35.1 Å². The first-order chi connectivity index (χ1) is 16.3. The van der Waals surface area contributed by atoms with Crippen LogP contribution in [-0.2, 0) is 17.9 Å². The lowest BCUT2D eigenvalue weighted by molar-refractivity contribution is -0.385. The molecule has 1 saturated heterocycles. The zero-order valence-corrected chi connectivity index (χ0v) is 19.8. The first-order valence-electron chi connectivity index (χ1n) is 9.96. The number of amides is 2. The van der Waals surface area contributed by atoms with E-state index >= 15 is 0 Å². The Kier molecular flexibility index (Phi) is 7.09. The van der Waals surface area contributed by atoms with Gasteiger partial charge in [-0.2, -0.15) is 0 Å². The minimum Gasteiger partial charge on any atom is -0.488 e. The Hall–Kier alpha value is -3.50. The fraction of sp³-hybridized carbons (Fsp3) is 0.0833. The topological polar surface area (TPSA) is 89.8 Å². The number of nitro groups is 1. The lowest BCUT2D eigenvalue weighted by Gasteiger charge is -2.12. The molecule has 0 unspecified atom stereocenters. The van der Waals surface area contributed by atoms with Crippen LogP contribution in [0.15, 0.2) is 76.1 Å². The average Bonchev–Trinajstić information content (AvgIpc) is 3.07. The summed E-state index contributed by atoms with van der Waals surface area (Å²) in [4.78, 5) is 37.2. The van der Waals surface area contributed by atoms with Gasteiger partial charge in [-0.3, -0.25) is 24.6 Å². The molecule has 0 saturated carbocycles. The van der Waals surface area contributed by atoms with E-state index in [1.54, 1.807) is 42.5 Å². The minimum atomic E-state index is -0.540. The monoisotopic (exact) mass is 542 g/mol. The van der Waals surface area contributed by atoms with Crippen LogP contribution >= 0.6 is 27.7 Å². The Balaban J connectivity index is 1.47. The minimum absolute atomic E-state index is 0.148. The lowest BCUT2D eigenvalue weighted by Crippen LogP contribution is -2.27. The Morgan fingerprint density at radius 2 is 1.82 bits per heavy atom. The smallest absolute Gasteiger partial charge is 0.293 e. The van der Waals surface area contributed by atoms with Crippen LogP contribution in [0.2, 0.25) is 0 Å². The van der Waals surface area contributed by atoms with Crippen molar-refractivity contribution in [1.82, 2.24) is 4.90 Å². The second-order valence-corrected chi connectivity index (χ2v) is 9.11. The van der Waals surface area contributed by atoms with E-state index in [0.29, 0.717) is 15.8 Å². The predicted molar refractivity (Wildman–Crippen MR) is 129 cm³/mol. The number of carbonyl (C=O) groups excluding carboxylic acids is 2. The van der Waals surface area contributed by atoms with Gasteiger partial charge in [0, 0.05) is 11.6 Å². The number of nitro benzene ring substituents is 1. The third-order valence-corrected chi connectivity index (χ3v) is 6.48. The molecule has 3 aromatic carbocycles. The van der Waals surface area contributed by atoms with Crippen molar-refractivity contribution in [3.05, 3.63) is 109 Å². The molecule has 1 heterocycles. The highest BCUT2D eigenvalue weighted by atomic mass is 79.9. The molecule has 0 spiro atoms. The van der Waals surface area contributed by atoms with Crippen molar-refractivity contribution in [2.45, 2.75) is 13.2 Å². The number of thioether (sulfide) groups is 1. The van der Waals surface area contributed by atoms with E-state index in [1.807, 2.05) is 0 Å². The van der Waals surface area contributed by atoms with Crippen LogP contribution in [0.3, 0.4) is 0 Å². The first kappa shape index (κ1) is 23.7. The fourth-order valence-corrected chi connectivity index (χ4v) is 4.60. The summed E-state index contributed by atoms with van der Waals surface area (Å²) in [7, 11) is 0. The van der Waals surface area contributed by atoms with Crippen molar-refractivity contribution in [3.63, 3.8) is 0 Å². The van der Waals surface area contributed by atoms with Crippen molar-refractivity contribution < 1.29 is 23.6 Å². The summed E-state index contributed by atoms with van der Waals surface area (Å²) in [6.07, 6.45) is 1.58.